The number of benzene rings is 1. The molecule has 0 spiro atoms. The second kappa shape index (κ2) is 4.06. The zero-order chi connectivity index (χ0) is 10.8. The molecule has 1 unspecified atom stereocenters. The van der Waals surface area contributed by atoms with Crippen molar-refractivity contribution in [3.8, 4) is 11.3 Å². The van der Waals surface area contributed by atoms with Crippen molar-refractivity contribution in [2.45, 2.75) is 19.1 Å². The summed E-state index contributed by atoms with van der Waals surface area (Å²) in [6.07, 6.45) is 4.15. The van der Waals surface area contributed by atoms with Crippen LogP contribution in [0.1, 0.15) is 19.1 Å². The van der Waals surface area contributed by atoms with Gasteiger partial charge in [-0.3, -0.25) is 0 Å². The van der Waals surface area contributed by atoms with Crippen LogP contribution in [0.25, 0.3) is 11.3 Å². The first-order valence-electron chi connectivity index (χ1n) is 5.52. The second-order valence-corrected chi connectivity index (χ2v) is 3.92. The monoisotopic (exact) mass is 215 g/mol. The highest BCUT2D eigenvalue weighted by Crippen LogP contribution is 2.23. The molecule has 1 saturated heterocycles. The fourth-order valence-electron chi connectivity index (χ4n) is 1.93. The Morgan fingerprint density at radius 1 is 1.25 bits per heavy atom. The number of ether oxygens (including phenoxy) is 1. The Hall–Kier alpha value is -1.68. The van der Waals surface area contributed by atoms with E-state index in [4.69, 9.17) is 4.74 Å². The molecular formula is C12H13N3O. The van der Waals surface area contributed by atoms with Gasteiger partial charge in [-0.15, -0.1) is 5.10 Å². The molecule has 0 saturated carbocycles. The number of aromatic nitrogens is 3. The first-order valence-corrected chi connectivity index (χ1v) is 5.52. The van der Waals surface area contributed by atoms with E-state index in [0.717, 1.165) is 30.7 Å². The van der Waals surface area contributed by atoms with Crippen LogP contribution in [0.4, 0.5) is 0 Å². The van der Waals surface area contributed by atoms with E-state index < -0.39 is 0 Å². The molecule has 2 heterocycles. The molecule has 1 aliphatic heterocycles. The predicted octanol–water partition coefficient (Wildman–Crippen LogP) is 2.25. The first kappa shape index (κ1) is 9.54. The smallest absolute Gasteiger partial charge is 0.152 e. The lowest BCUT2D eigenvalue weighted by Gasteiger charge is -2.07. The summed E-state index contributed by atoms with van der Waals surface area (Å²) < 4.78 is 7.36. The molecule has 2 aromatic rings. The van der Waals surface area contributed by atoms with Gasteiger partial charge in [-0.2, -0.15) is 0 Å². The summed E-state index contributed by atoms with van der Waals surface area (Å²) in [6, 6.07) is 10.1. The van der Waals surface area contributed by atoms with Gasteiger partial charge in [0.1, 0.15) is 5.69 Å². The lowest BCUT2D eigenvalue weighted by Crippen LogP contribution is -2.07. The summed E-state index contributed by atoms with van der Waals surface area (Å²) in [7, 11) is 0. The van der Waals surface area contributed by atoms with Crippen molar-refractivity contribution in [1.82, 2.24) is 15.0 Å². The Bertz CT molecular complexity index is 460. The fraction of sp³-hybridized carbons (Fsp3) is 0.333. The van der Waals surface area contributed by atoms with Crippen LogP contribution in [0.3, 0.4) is 0 Å². The summed E-state index contributed by atoms with van der Waals surface area (Å²) in [4.78, 5) is 0. The topological polar surface area (TPSA) is 39.9 Å². The molecule has 1 atom stereocenters. The van der Waals surface area contributed by atoms with E-state index in [9.17, 15) is 0 Å². The van der Waals surface area contributed by atoms with Gasteiger partial charge in [-0.1, -0.05) is 35.5 Å². The highest BCUT2D eigenvalue weighted by Gasteiger charge is 2.18. The summed E-state index contributed by atoms with van der Waals surface area (Å²) in [5.41, 5.74) is 1.99. The maximum Gasteiger partial charge on any atom is 0.152 e. The number of hydrogen-bond acceptors (Lipinski definition) is 3. The zero-order valence-electron chi connectivity index (χ0n) is 8.91. The van der Waals surface area contributed by atoms with Crippen LogP contribution in [-0.4, -0.2) is 21.6 Å². The van der Waals surface area contributed by atoms with Gasteiger partial charge in [0.05, 0.1) is 6.20 Å². The highest BCUT2D eigenvalue weighted by molar-refractivity contribution is 5.57. The average molecular weight is 215 g/mol. The van der Waals surface area contributed by atoms with Gasteiger partial charge >= 0.3 is 0 Å². The molecule has 0 bridgehead atoms. The van der Waals surface area contributed by atoms with Crippen LogP contribution < -0.4 is 0 Å². The van der Waals surface area contributed by atoms with Gasteiger partial charge in [0.25, 0.3) is 0 Å². The first-order chi connectivity index (χ1) is 7.93. The normalized spacial score (nSPS) is 20.1. The quantitative estimate of drug-likeness (QED) is 0.771. The summed E-state index contributed by atoms with van der Waals surface area (Å²) >= 11 is 0. The minimum atomic E-state index is 0.0740. The van der Waals surface area contributed by atoms with E-state index in [1.807, 2.05) is 41.2 Å². The summed E-state index contributed by atoms with van der Waals surface area (Å²) in [6.45, 7) is 0.825. The zero-order valence-corrected chi connectivity index (χ0v) is 8.91. The molecule has 1 aromatic carbocycles. The van der Waals surface area contributed by atoms with Crippen LogP contribution in [0.2, 0.25) is 0 Å². The van der Waals surface area contributed by atoms with E-state index >= 15 is 0 Å². The number of nitrogens with zero attached hydrogens (tertiary/aromatic N) is 3. The van der Waals surface area contributed by atoms with E-state index in [2.05, 4.69) is 10.3 Å². The molecule has 4 heteroatoms. The lowest BCUT2D eigenvalue weighted by molar-refractivity contribution is 0.0453. The van der Waals surface area contributed by atoms with Crippen LogP contribution in [0.5, 0.6) is 0 Å². The second-order valence-electron chi connectivity index (χ2n) is 3.92. The molecule has 0 amide bonds. The maximum atomic E-state index is 5.55. The third kappa shape index (κ3) is 1.72. The van der Waals surface area contributed by atoms with Gasteiger partial charge < -0.3 is 4.74 Å². The highest BCUT2D eigenvalue weighted by atomic mass is 16.5. The third-order valence-corrected chi connectivity index (χ3v) is 2.78. The van der Waals surface area contributed by atoms with Crippen LogP contribution in [-0.2, 0) is 4.74 Å². The largest absolute Gasteiger partial charge is 0.356 e. The molecular weight excluding hydrogens is 202 g/mol. The van der Waals surface area contributed by atoms with Crippen molar-refractivity contribution in [2.75, 3.05) is 6.61 Å². The van der Waals surface area contributed by atoms with Gasteiger partial charge in [0.2, 0.25) is 0 Å². The van der Waals surface area contributed by atoms with Crippen molar-refractivity contribution < 1.29 is 4.74 Å². The molecule has 4 nitrogen and oxygen atoms in total. The van der Waals surface area contributed by atoms with Crippen molar-refractivity contribution in [1.29, 1.82) is 0 Å². The van der Waals surface area contributed by atoms with Crippen molar-refractivity contribution >= 4 is 0 Å². The van der Waals surface area contributed by atoms with E-state index in [0.29, 0.717) is 0 Å². The van der Waals surface area contributed by atoms with E-state index in [1.165, 1.54) is 0 Å². The lowest BCUT2D eigenvalue weighted by atomic mass is 10.2. The Labute approximate surface area is 93.9 Å². The third-order valence-electron chi connectivity index (χ3n) is 2.78. The van der Waals surface area contributed by atoms with Crippen molar-refractivity contribution in [3.63, 3.8) is 0 Å². The van der Waals surface area contributed by atoms with E-state index in [1.54, 1.807) is 0 Å². The Morgan fingerprint density at radius 2 is 2.12 bits per heavy atom. The van der Waals surface area contributed by atoms with Gasteiger partial charge in [0, 0.05) is 12.2 Å². The summed E-state index contributed by atoms with van der Waals surface area (Å²) in [5, 5.41) is 8.28. The standard InChI is InChI=1S/C12H13N3O/c1-2-5-10(6-3-1)11-9-15(14-13-11)12-7-4-8-16-12/h1-3,5-6,9,12H,4,7-8H2. The van der Waals surface area contributed by atoms with Crippen molar-refractivity contribution in [2.24, 2.45) is 0 Å². The molecule has 1 fully saturated rings. The molecule has 1 aliphatic rings. The predicted molar refractivity (Wildman–Crippen MR) is 59.7 cm³/mol. The molecule has 16 heavy (non-hydrogen) atoms. The molecule has 0 N–H and O–H groups in total. The van der Waals surface area contributed by atoms with Crippen molar-refractivity contribution in [3.05, 3.63) is 36.5 Å². The Morgan fingerprint density at radius 3 is 2.88 bits per heavy atom. The Kier molecular flexibility index (Phi) is 2.42. The van der Waals surface area contributed by atoms with E-state index in [-0.39, 0.29) is 6.23 Å². The van der Waals surface area contributed by atoms with Crippen LogP contribution in [0, 0.1) is 0 Å². The maximum absolute atomic E-state index is 5.55. The SMILES string of the molecule is c1ccc(-c2cn(C3CCCO3)nn2)cc1. The number of hydrogen-bond donors (Lipinski definition) is 0. The average Bonchev–Trinajstić information content (AvgIpc) is 3.01. The molecule has 1 aromatic heterocycles. The minimum Gasteiger partial charge on any atom is -0.356 e. The van der Waals surface area contributed by atoms with Gasteiger partial charge in [-0.25, -0.2) is 4.68 Å². The molecule has 0 radical (unpaired) electrons. The van der Waals surface area contributed by atoms with Gasteiger partial charge in [-0.05, 0) is 12.8 Å². The van der Waals surface area contributed by atoms with Crippen LogP contribution >= 0.6 is 0 Å². The summed E-state index contributed by atoms with van der Waals surface area (Å²) in [5.74, 6) is 0. The number of rotatable bonds is 2. The molecule has 0 aliphatic carbocycles. The van der Waals surface area contributed by atoms with Crippen LogP contribution in [0.15, 0.2) is 36.5 Å². The molecule has 82 valence electrons. The minimum absolute atomic E-state index is 0.0740. The molecule has 3 rings (SSSR count). The Balaban J connectivity index is 1.87. The van der Waals surface area contributed by atoms with Gasteiger partial charge in [0.15, 0.2) is 6.23 Å². The fourth-order valence-corrected chi connectivity index (χ4v) is 1.93.